The maximum Gasteiger partial charge on any atom is 0.262 e. The van der Waals surface area contributed by atoms with E-state index < -0.39 is 0 Å². The first kappa shape index (κ1) is 23.8. The average Bonchev–Trinajstić information content (AvgIpc) is 3.22. The number of fused-ring (bicyclic) bond motifs is 1. The van der Waals surface area contributed by atoms with Crippen LogP contribution in [0.1, 0.15) is 25.8 Å². The smallest absolute Gasteiger partial charge is 0.262 e. The predicted molar refractivity (Wildman–Crippen MR) is 135 cm³/mol. The number of nitrogens with one attached hydrogen (secondary N) is 1. The first-order valence-electron chi connectivity index (χ1n) is 11.3. The summed E-state index contributed by atoms with van der Waals surface area (Å²) in [5.74, 6) is 0.454. The van der Waals surface area contributed by atoms with E-state index in [4.69, 9.17) is 11.6 Å². The first-order chi connectivity index (χ1) is 15.9. The Hall–Kier alpha value is -2.35. The van der Waals surface area contributed by atoms with Gasteiger partial charge in [0.15, 0.2) is 5.16 Å². The molecule has 2 aromatic carbocycles. The number of amides is 1. The Bertz CT molecular complexity index is 1180. The Morgan fingerprint density at radius 2 is 2.03 bits per heavy atom. The van der Waals surface area contributed by atoms with E-state index in [2.05, 4.69) is 53.3 Å². The van der Waals surface area contributed by atoms with Gasteiger partial charge in [0.05, 0.1) is 16.7 Å². The second kappa shape index (κ2) is 10.7. The molecule has 1 aliphatic heterocycles. The van der Waals surface area contributed by atoms with Crippen molar-refractivity contribution in [1.29, 1.82) is 0 Å². The molecule has 0 bridgehead atoms. The number of rotatable bonds is 8. The van der Waals surface area contributed by atoms with Crippen LogP contribution in [0.5, 0.6) is 0 Å². The highest BCUT2D eigenvalue weighted by atomic mass is 35.5. The highest BCUT2D eigenvalue weighted by molar-refractivity contribution is 7.99. The standard InChI is InChI=1S/C25H29ClN4O2S/c1-17(2)13-30-24(32)21-12-19(26)8-9-22(21)28-25(30)33-16-23(31)27-20-10-11-29(15-20)14-18-6-4-3-5-7-18/h3-9,12,17,20H,10-11,13-16H2,1-2H3,(H,27,31). The maximum atomic E-state index is 13.1. The molecule has 1 saturated heterocycles. The van der Waals surface area contributed by atoms with E-state index in [1.54, 1.807) is 22.8 Å². The van der Waals surface area contributed by atoms with Gasteiger partial charge in [-0.1, -0.05) is 67.5 Å². The fourth-order valence-electron chi connectivity index (χ4n) is 4.14. The molecule has 33 heavy (non-hydrogen) atoms. The quantitative estimate of drug-likeness (QED) is 0.383. The third kappa shape index (κ3) is 6.16. The Balaban J connectivity index is 1.39. The number of nitrogens with zero attached hydrogens (tertiary/aromatic N) is 3. The third-order valence-electron chi connectivity index (χ3n) is 5.65. The van der Waals surface area contributed by atoms with Gasteiger partial charge in [0.1, 0.15) is 0 Å². The van der Waals surface area contributed by atoms with Crippen molar-refractivity contribution in [2.45, 2.75) is 44.6 Å². The van der Waals surface area contributed by atoms with E-state index in [1.165, 1.54) is 17.3 Å². The lowest BCUT2D eigenvalue weighted by atomic mass is 10.2. The van der Waals surface area contributed by atoms with Gasteiger partial charge in [-0.15, -0.1) is 0 Å². The highest BCUT2D eigenvalue weighted by Crippen LogP contribution is 2.21. The topological polar surface area (TPSA) is 67.2 Å². The molecule has 2 heterocycles. The zero-order chi connectivity index (χ0) is 23.4. The summed E-state index contributed by atoms with van der Waals surface area (Å²) in [5, 5.41) is 4.73. The summed E-state index contributed by atoms with van der Waals surface area (Å²) in [6.45, 7) is 7.35. The summed E-state index contributed by atoms with van der Waals surface area (Å²) in [4.78, 5) is 32.8. The Labute approximate surface area is 203 Å². The van der Waals surface area contributed by atoms with E-state index in [1.807, 2.05) is 6.07 Å². The van der Waals surface area contributed by atoms with Gasteiger partial charge in [-0.25, -0.2) is 4.98 Å². The number of halogens is 1. The lowest BCUT2D eigenvalue weighted by Gasteiger charge is -2.17. The number of thioether (sulfide) groups is 1. The van der Waals surface area contributed by atoms with Gasteiger partial charge in [-0.3, -0.25) is 19.1 Å². The van der Waals surface area contributed by atoms with Crippen LogP contribution in [0.4, 0.5) is 0 Å². The van der Waals surface area contributed by atoms with Crippen LogP contribution in [0, 0.1) is 5.92 Å². The van der Waals surface area contributed by atoms with Crippen LogP contribution in [0.25, 0.3) is 10.9 Å². The summed E-state index contributed by atoms with van der Waals surface area (Å²) < 4.78 is 1.67. The lowest BCUT2D eigenvalue weighted by Crippen LogP contribution is -2.38. The van der Waals surface area contributed by atoms with Crippen molar-refractivity contribution in [2.75, 3.05) is 18.8 Å². The van der Waals surface area contributed by atoms with Gasteiger partial charge in [0.2, 0.25) is 5.91 Å². The average molecular weight is 485 g/mol. The molecule has 1 N–H and O–H groups in total. The largest absolute Gasteiger partial charge is 0.351 e. The summed E-state index contributed by atoms with van der Waals surface area (Å²) >= 11 is 7.40. The predicted octanol–water partition coefficient (Wildman–Crippen LogP) is 4.19. The van der Waals surface area contributed by atoms with Crippen LogP contribution in [-0.4, -0.2) is 45.2 Å². The molecule has 0 saturated carbocycles. The Morgan fingerprint density at radius 3 is 2.79 bits per heavy atom. The lowest BCUT2D eigenvalue weighted by molar-refractivity contribution is -0.119. The highest BCUT2D eigenvalue weighted by Gasteiger charge is 2.24. The van der Waals surface area contributed by atoms with Crippen molar-refractivity contribution in [3.8, 4) is 0 Å². The molecule has 1 aromatic heterocycles. The van der Waals surface area contributed by atoms with Gasteiger partial charge in [0, 0.05) is 37.2 Å². The summed E-state index contributed by atoms with van der Waals surface area (Å²) in [7, 11) is 0. The van der Waals surface area contributed by atoms with Gasteiger partial charge in [-0.05, 0) is 36.1 Å². The van der Waals surface area contributed by atoms with Crippen molar-refractivity contribution in [3.05, 3.63) is 69.5 Å². The van der Waals surface area contributed by atoms with Crippen LogP contribution in [0.2, 0.25) is 5.02 Å². The molecule has 0 spiro atoms. The van der Waals surface area contributed by atoms with Crippen LogP contribution < -0.4 is 10.9 Å². The van der Waals surface area contributed by atoms with Gasteiger partial charge >= 0.3 is 0 Å². The van der Waals surface area contributed by atoms with E-state index in [0.717, 1.165) is 26.1 Å². The van der Waals surface area contributed by atoms with E-state index in [0.29, 0.717) is 27.6 Å². The molecule has 4 rings (SSSR count). The molecule has 6 nitrogen and oxygen atoms in total. The third-order valence-corrected chi connectivity index (χ3v) is 6.86. The summed E-state index contributed by atoms with van der Waals surface area (Å²) in [6, 6.07) is 15.7. The fraction of sp³-hybridized carbons (Fsp3) is 0.400. The number of aromatic nitrogens is 2. The number of likely N-dealkylation sites (tertiary alicyclic amines) is 1. The maximum absolute atomic E-state index is 13.1. The number of hydrogen-bond donors (Lipinski definition) is 1. The molecule has 1 atom stereocenters. The van der Waals surface area contributed by atoms with E-state index in [9.17, 15) is 9.59 Å². The molecular weight excluding hydrogens is 456 g/mol. The zero-order valence-electron chi connectivity index (χ0n) is 19.0. The molecule has 1 amide bonds. The van der Waals surface area contributed by atoms with Crippen molar-refractivity contribution in [1.82, 2.24) is 19.8 Å². The van der Waals surface area contributed by atoms with Crippen LogP contribution >= 0.6 is 23.4 Å². The number of carbonyl (C=O) groups excluding carboxylic acids is 1. The van der Waals surface area contributed by atoms with Crippen LogP contribution in [-0.2, 0) is 17.9 Å². The van der Waals surface area contributed by atoms with Gasteiger partial charge in [-0.2, -0.15) is 0 Å². The van der Waals surface area contributed by atoms with E-state index in [-0.39, 0.29) is 29.2 Å². The monoisotopic (exact) mass is 484 g/mol. The molecule has 1 unspecified atom stereocenters. The molecule has 1 fully saturated rings. The number of benzene rings is 2. The Kier molecular flexibility index (Phi) is 7.73. The number of carbonyl (C=O) groups is 1. The molecule has 0 aliphatic carbocycles. The molecule has 0 radical (unpaired) electrons. The van der Waals surface area contributed by atoms with Gasteiger partial charge in [0.25, 0.3) is 5.56 Å². The molecule has 1 aliphatic rings. The van der Waals surface area contributed by atoms with Crippen molar-refractivity contribution in [3.63, 3.8) is 0 Å². The van der Waals surface area contributed by atoms with Crippen molar-refractivity contribution in [2.24, 2.45) is 5.92 Å². The molecule has 8 heteroatoms. The summed E-state index contributed by atoms with van der Waals surface area (Å²) in [6.07, 6.45) is 0.941. The molecule has 3 aromatic rings. The Morgan fingerprint density at radius 1 is 1.24 bits per heavy atom. The fourth-order valence-corrected chi connectivity index (χ4v) is 5.14. The van der Waals surface area contributed by atoms with Crippen molar-refractivity contribution >= 4 is 40.2 Å². The van der Waals surface area contributed by atoms with Crippen LogP contribution in [0.3, 0.4) is 0 Å². The van der Waals surface area contributed by atoms with Crippen LogP contribution in [0.15, 0.2) is 58.5 Å². The van der Waals surface area contributed by atoms with Crippen molar-refractivity contribution < 1.29 is 4.79 Å². The SMILES string of the molecule is CC(C)Cn1c(SCC(=O)NC2CCN(Cc3ccccc3)C2)nc2ccc(Cl)cc2c1=O. The summed E-state index contributed by atoms with van der Waals surface area (Å²) in [5.41, 5.74) is 1.76. The normalized spacial score (nSPS) is 16.5. The first-order valence-corrected chi connectivity index (χ1v) is 12.6. The minimum atomic E-state index is -0.119. The molecule has 174 valence electrons. The number of hydrogen-bond acceptors (Lipinski definition) is 5. The minimum Gasteiger partial charge on any atom is -0.351 e. The second-order valence-electron chi connectivity index (χ2n) is 8.93. The van der Waals surface area contributed by atoms with Gasteiger partial charge < -0.3 is 5.32 Å². The zero-order valence-corrected chi connectivity index (χ0v) is 20.5. The minimum absolute atomic E-state index is 0.0342. The second-order valence-corrected chi connectivity index (χ2v) is 10.3. The van der Waals surface area contributed by atoms with E-state index >= 15 is 0 Å². The molecular formula is C25H29ClN4O2S.